The second kappa shape index (κ2) is 19.5. The van der Waals surface area contributed by atoms with E-state index in [-0.39, 0.29) is 18.1 Å². The average molecular weight is 646 g/mol. The lowest BCUT2D eigenvalue weighted by Gasteiger charge is -2.21. The molecule has 256 valence electrons. The molecule has 1 saturated heterocycles. The number of hydrogen-bond acceptors (Lipinski definition) is 6. The Morgan fingerprint density at radius 1 is 0.870 bits per heavy atom. The van der Waals surface area contributed by atoms with Crippen LogP contribution in [0.5, 0.6) is 0 Å². The molecular weight excluding hydrogens is 592 g/mol. The van der Waals surface area contributed by atoms with Gasteiger partial charge < -0.3 is 20.3 Å². The van der Waals surface area contributed by atoms with Crippen LogP contribution in [0, 0.1) is 0 Å². The molecule has 0 unspecified atom stereocenters. The fourth-order valence-electron chi connectivity index (χ4n) is 5.07. The van der Waals surface area contributed by atoms with Gasteiger partial charge in [-0.25, -0.2) is 4.79 Å². The molecule has 8 nitrogen and oxygen atoms in total. The lowest BCUT2D eigenvalue weighted by molar-refractivity contribution is -0.141. The second-order valence-corrected chi connectivity index (χ2v) is 12.6. The predicted octanol–water partition coefficient (Wildman–Crippen LogP) is 7.72. The zero-order chi connectivity index (χ0) is 34.3. The van der Waals surface area contributed by atoms with E-state index in [1.54, 1.807) is 0 Å². The molecule has 46 heavy (non-hydrogen) atoms. The number of hydrogen-bond donors (Lipinski definition) is 3. The van der Waals surface area contributed by atoms with Crippen LogP contribution in [0.1, 0.15) is 112 Å². The Labute approximate surface area is 272 Å². The molecule has 0 saturated carbocycles. The standard InChI is InChI=1S/C36H53F2N3O5/c1-25(2)12-7-13-26(3)14-8-15-27(4)16-9-17-28(5)18-10-19-29(6)20-11-21-32(43)39-31-22-23-41(35(45)40-31)34-36(37,38)33(44)30(24-42)46-34/h12,14,16,18,20,22-23,30,33-34,42,44H,7-11,13,15,17,19,21,24H2,1-6H3,(H,39,40,43,45)/b26-14+,27-16+,28-18+,29-20+/t30-,33-,34-/m1/s1. The highest BCUT2D eigenvalue weighted by Crippen LogP contribution is 2.42. The van der Waals surface area contributed by atoms with Gasteiger partial charge in [-0.2, -0.15) is 13.8 Å². The summed E-state index contributed by atoms with van der Waals surface area (Å²) < 4.78 is 34.2. The number of nitrogens with one attached hydrogen (secondary N) is 1. The van der Waals surface area contributed by atoms with E-state index in [2.05, 4.69) is 69.2 Å². The number of aromatic nitrogens is 2. The Bertz CT molecular complexity index is 1360. The summed E-state index contributed by atoms with van der Waals surface area (Å²) in [6.07, 6.45) is 15.4. The number of aliphatic hydroxyl groups is 2. The van der Waals surface area contributed by atoms with Gasteiger partial charge in [-0.3, -0.25) is 9.36 Å². The Kier molecular flexibility index (Phi) is 16.5. The van der Waals surface area contributed by atoms with Crippen LogP contribution in [0.2, 0.25) is 0 Å². The van der Waals surface area contributed by atoms with Crippen molar-refractivity contribution in [3.63, 3.8) is 0 Å². The summed E-state index contributed by atoms with van der Waals surface area (Å²) >= 11 is 0. The average Bonchev–Trinajstić information content (AvgIpc) is 3.20. The highest BCUT2D eigenvalue weighted by atomic mass is 19.3. The van der Waals surface area contributed by atoms with Gasteiger partial charge in [0, 0.05) is 12.6 Å². The summed E-state index contributed by atoms with van der Waals surface area (Å²) in [5.41, 5.74) is 5.74. The van der Waals surface area contributed by atoms with Crippen molar-refractivity contribution in [1.29, 1.82) is 0 Å². The Morgan fingerprint density at radius 3 is 1.74 bits per heavy atom. The first-order chi connectivity index (χ1) is 21.7. The predicted molar refractivity (Wildman–Crippen MR) is 180 cm³/mol. The molecule has 2 rings (SSSR count). The van der Waals surface area contributed by atoms with Crippen LogP contribution in [-0.2, 0) is 9.53 Å². The molecule has 10 heteroatoms. The smallest absolute Gasteiger partial charge is 0.351 e. The van der Waals surface area contributed by atoms with Gasteiger partial charge in [0.25, 0.3) is 0 Å². The van der Waals surface area contributed by atoms with E-state index in [1.165, 1.54) is 33.9 Å². The first-order valence-corrected chi connectivity index (χ1v) is 16.2. The van der Waals surface area contributed by atoms with E-state index in [0.29, 0.717) is 11.0 Å². The van der Waals surface area contributed by atoms with E-state index in [0.717, 1.165) is 57.6 Å². The summed E-state index contributed by atoms with van der Waals surface area (Å²) in [4.78, 5) is 28.4. The van der Waals surface area contributed by atoms with Crippen molar-refractivity contribution in [2.24, 2.45) is 0 Å². The van der Waals surface area contributed by atoms with Crippen LogP contribution in [0.15, 0.2) is 75.3 Å². The molecule has 3 atom stereocenters. The van der Waals surface area contributed by atoms with Gasteiger partial charge in [0.1, 0.15) is 11.9 Å². The highest BCUT2D eigenvalue weighted by molar-refractivity contribution is 5.89. The molecular formula is C36H53F2N3O5. The van der Waals surface area contributed by atoms with E-state index >= 15 is 0 Å². The molecule has 1 aromatic heterocycles. The fraction of sp³-hybridized carbons (Fsp3) is 0.583. The summed E-state index contributed by atoms with van der Waals surface area (Å²) in [5, 5.41) is 21.3. The number of ether oxygens (including phenoxy) is 1. The minimum atomic E-state index is -3.80. The summed E-state index contributed by atoms with van der Waals surface area (Å²) in [6, 6.07) is 1.21. The molecule has 1 aliphatic heterocycles. The van der Waals surface area contributed by atoms with E-state index in [4.69, 9.17) is 9.84 Å². The number of allylic oxidation sites excluding steroid dienone is 10. The van der Waals surface area contributed by atoms with Gasteiger partial charge in [-0.05, 0) is 105 Å². The van der Waals surface area contributed by atoms with E-state index < -0.39 is 36.7 Å². The lowest BCUT2D eigenvalue weighted by Crippen LogP contribution is -2.41. The molecule has 0 aromatic carbocycles. The van der Waals surface area contributed by atoms with E-state index in [9.17, 15) is 23.5 Å². The molecule has 1 aromatic rings. The van der Waals surface area contributed by atoms with Crippen LogP contribution >= 0.6 is 0 Å². The maximum atomic E-state index is 14.3. The van der Waals surface area contributed by atoms with E-state index in [1.807, 2.05) is 13.0 Å². The van der Waals surface area contributed by atoms with Crippen molar-refractivity contribution in [2.75, 3.05) is 11.9 Å². The van der Waals surface area contributed by atoms with Crippen LogP contribution in [0.4, 0.5) is 14.6 Å². The molecule has 1 amide bonds. The van der Waals surface area contributed by atoms with Crippen molar-refractivity contribution in [3.8, 4) is 0 Å². The number of rotatable bonds is 18. The number of alkyl halides is 2. The molecule has 1 fully saturated rings. The van der Waals surface area contributed by atoms with Crippen molar-refractivity contribution < 1.29 is 28.5 Å². The normalized spacial score (nSPS) is 20.6. The van der Waals surface area contributed by atoms with Gasteiger partial charge in [0.05, 0.1) is 6.61 Å². The number of carbonyl (C=O) groups excluding carboxylic acids is 1. The minimum absolute atomic E-state index is 0.0733. The lowest BCUT2D eigenvalue weighted by atomic mass is 10.0. The van der Waals surface area contributed by atoms with Crippen LogP contribution in [-0.4, -0.2) is 50.4 Å². The van der Waals surface area contributed by atoms with Crippen molar-refractivity contribution in [1.82, 2.24) is 9.55 Å². The fourth-order valence-corrected chi connectivity index (χ4v) is 5.07. The van der Waals surface area contributed by atoms with Gasteiger partial charge in [-0.1, -0.05) is 58.2 Å². The molecule has 0 bridgehead atoms. The van der Waals surface area contributed by atoms with Crippen molar-refractivity contribution >= 4 is 11.7 Å². The zero-order valence-electron chi connectivity index (χ0n) is 28.3. The first kappa shape index (κ1) is 39.0. The molecule has 0 radical (unpaired) electrons. The summed E-state index contributed by atoms with van der Waals surface area (Å²) in [6.45, 7) is 12.1. The number of carbonyl (C=O) groups is 1. The third-order valence-corrected chi connectivity index (χ3v) is 7.96. The van der Waals surface area contributed by atoms with Gasteiger partial charge >= 0.3 is 11.6 Å². The topological polar surface area (TPSA) is 114 Å². The third kappa shape index (κ3) is 13.3. The first-order valence-electron chi connectivity index (χ1n) is 16.2. The van der Waals surface area contributed by atoms with Crippen LogP contribution in [0.25, 0.3) is 0 Å². The van der Waals surface area contributed by atoms with Gasteiger partial charge in [-0.15, -0.1) is 0 Å². The number of anilines is 1. The van der Waals surface area contributed by atoms with Crippen molar-refractivity contribution in [2.45, 2.75) is 130 Å². The second-order valence-electron chi connectivity index (χ2n) is 12.6. The molecule has 2 heterocycles. The number of aliphatic hydroxyl groups excluding tert-OH is 2. The highest BCUT2D eigenvalue weighted by Gasteiger charge is 2.59. The maximum absolute atomic E-state index is 14.3. The number of nitrogens with zero attached hydrogens (tertiary/aromatic N) is 2. The number of halogens is 2. The van der Waals surface area contributed by atoms with Crippen molar-refractivity contribution in [3.05, 3.63) is 81.0 Å². The largest absolute Gasteiger partial charge is 0.394 e. The third-order valence-electron chi connectivity index (χ3n) is 7.96. The minimum Gasteiger partial charge on any atom is -0.394 e. The SMILES string of the molecule is CC(C)=CCC/C(C)=C/CC/C(C)=C/CC/C(C)=C/CC/C(C)=C/CCC(=O)Nc1ccn([C@@H]2O[C@H](CO)[C@@H](O)C2(F)F)c(=O)n1. The van der Waals surface area contributed by atoms with Gasteiger partial charge in [0.2, 0.25) is 12.1 Å². The molecule has 1 aliphatic rings. The maximum Gasteiger partial charge on any atom is 0.351 e. The molecule has 0 aliphatic carbocycles. The monoisotopic (exact) mass is 645 g/mol. The van der Waals surface area contributed by atoms with Crippen LogP contribution in [0.3, 0.4) is 0 Å². The Morgan fingerprint density at radius 2 is 1.33 bits per heavy atom. The molecule has 3 N–H and O–H groups in total. The Hall–Kier alpha value is -3.21. The molecule has 0 spiro atoms. The summed E-state index contributed by atoms with van der Waals surface area (Å²) in [7, 11) is 0. The zero-order valence-corrected chi connectivity index (χ0v) is 28.3. The quantitative estimate of drug-likeness (QED) is 0.141. The Balaban J connectivity index is 1.70. The summed E-state index contributed by atoms with van der Waals surface area (Å²) in [5.74, 6) is -4.24. The van der Waals surface area contributed by atoms with Crippen LogP contribution < -0.4 is 11.0 Å². The number of amides is 1. The van der Waals surface area contributed by atoms with Gasteiger partial charge in [0.15, 0.2) is 6.10 Å².